The van der Waals surface area contributed by atoms with E-state index in [1.807, 2.05) is 25.1 Å². The molecule has 0 bridgehead atoms. The van der Waals surface area contributed by atoms with Gasteiger partial charge in [-0.15, -0.1) is 0 Å². The second-order valence-corrected chi connectivity index (χ2v) is 5.57. The molecule has 0 saturated carbocycles. The van der Waals surface area contributed by atoms with Crippen molar-refractivity contribution in [2.24, 2.45) is 0 Å². The van der Waals surface area contributed by atoms with Gasteiger partial charge in [-0.2, -0.15) is 0 Å². The zero-order valence-corrected chi connectivity index (χ0v) is 14.0. The molecule has 23 heavy (non-hydrogen) atoms. The first-order valence-corrected chi connectivity index (χ1v) is 7.64. The Morgan fingerprint density at radius 1 is 1.09 bits per heavy atom. The third kappa shape index (κ3) is 5.63. The van der Waals surface area contributed by atoms with Crippen LogP contribution in [0.5, 0.6) is 5.75 Å². The van der Waals surface area contributed by atoms with Crippen LogP contribution in [0.1, 0.15) is 5.56 Å². The van der Waals surface area contributed by atoms with E-state index in [1.165, 1.54) is 0 Å². The van der Waals surface area contributed by atoms with E-state index in [0.29, 0.717) is 11.4 Å². The Morgan fingerprint density at radius 3 is 2.52 bits per heavy atom. The van der Waals surface area contributed by atoms with Crippen LogP contribution >= 0.6 is 15.9 Å². The first kappa shape index (κ1) is 16.8. The second-order valence-electron chi connectivity index (χ2n) is 4.72. The molecule has 3 amide bonds. The number of anilines is 1. The average Bonchev–Trinajstić information content (AvgIpc) is 2.53. The van der Waals surface area contributed by atoms with E-state index in [0.717, 1.165) is 10.0 Å². The Kier molecular flexibility index (Phi) is 5.99. The van der Waals surface area contributed by atoms with E-state index < -0.39 is 11.9 Å². The molecule has 0 unspecified atom stereocenters. The lowest BCUT2D eigenvalue weighted by atomic mass is 10.2. The highest BCUT2D eigenvalue weighted by Gasteiger charge is 2.07. The molecule has 0 aliphatic heterocycles. The minimum atomic E-state index is -0.541. The number of para-hydroxylation sites is 1. The van der Waals surface area contributed by atoms with Crippen molar-refractivity contribution < 1.29 is 14.3 Å². The lowest BCUT2D eigenvalue weighted by molar-refractivity contribution is -0.123. The first-order chi connectivity index (χ1) is 11.0. The van der Waals surface area contributed by atoms with Crippen LogP contribution in [0.25, 0.3) is 0 Å². The summed E-state index contributed by atoms with van der Waals surface area (Å²) in [4.78, 5) is 23.3. The molecule has 3 N–H and O–H groups in total. The molecule has 0 aliphatic carbocycles. The lowest BCUT2D eigenvalue weighted by Crippen LogP contribution is -2.45. The predicted octanol–water partition coefficient (Wildman–Crippen LogP) is 2.99. The van der Waals surface area contributed by atoms with Crippen LogP contribution in [0.4, 0.5) is 10.5 Å². The van der Waals surface area contributed by atoms with Crippen LogP contribution < -0.4 is 20.9 Å². The number of rotatable bonds is 4. The van der Waals surface area contributed by atoms with Gasteiger partial charge in [-0.05, 0) is 52.7 Å². The van der Waals surface area contributed by atoms with Gasteiger partial charge in [-0.1, -0.05) is 24.3 Å². The molecule has 2 aromatic carbocycles. The van der Waals surface area contributed by atoms with Gasteiger partial charge < -0.3 is 10.1 Å². The van der Waals surface area contributed by atoms with Gasteiger partial charge in [-0.3, -0.25) is 10.2 Å². The highest BCUT2D eigenvalue weighted by Crippen LogP contribution is 2.25. The first-order valence-electron chi connectivity index (χ1n) is 6.84. The van der Waals surface area contributed by atoms with Gasteiger partial charge in [0.2, 0.25) is 0 Å². The molecule has 0 spiro atoms. The largest absolute Gasteiger partial charge is 0.483 e. The molecule has 0 fully saturated rings. The number of hydrazine groups is 1. The summed E-state index contributed by atoms with van der Waals surface area (Å²) < 4.78 is 6.14. The van der Waals surface area contributed by atoms with Crippen LogP contribution in [0, 0.1) is 6.92 Å². The Balaban J connectivity index is 1.73. The number of hydrogen-bond donors (Lipinski definition) is 3. The minimum absolute atomic E-state index is 0.215. The zero-order valence-electron chi connectivity index (χ0n) is 12.4. The maximum absolute atomic E-state index is 11.7. The fourth-order valence-corrected chi connectivity index (χ4v) is 2.32. The molecule has 0 aromatic heterocycles. The number of amides is 3. The summed E-state index contributed by atoms with van der Waals surface area (Å²) >= 11 is 3.36. The minimum Gasteiger partial charge on any atom is -0.483 e. The summed E-state index contributed by atoms with van der Waals surface area (Å²) in [5, 5.41) is 2.57. The molecule has 6 nitrogen and oxygen atoms in total. The molecule has 0 heterocycles. The number of carbonyl (C=O) groups is 2. The third-order valence-electron chi connectivity index (χ3n) is 2.79. The van der Waals surface area contributed by atoms with Gasteiger partial charge in [0.25, 0.3) is 5.91 Å². The molecule has 0 radical (unpaired) electrons. The van der Waals surface area contributed by atoms with E-state index in [2.05, 4.69) is 32.1 Å². The number of carbonyl (C=O) groups excluding carboxylic acids is 2. The zero-order chi connectivity index (χ0) is 16.7. The molecular weight excluding hydrogens is 362 g/mol. The molecule has 0 aliphatic rings. The summed E-state index contributed by atoms with van der Waals surface area (Å²) in [5.74, 6) is 0.0835. The molecule has 0 saturated heterocycles. The lowest BCUT2D eigenvalue weighted by Gasteiger charge is -2.11. The summed E-state index contributed by atoms with van der Waals surface area (Å²) in [6.07, 6.45) is 0. The number of hydrogen-bond acceptors (Lipinski definition) is 3. The van der Waals surface area contributed by atoms with Gasteiger partial charge in [0.05, 0.1) is 4.47 Å². The van der Waals surface area contributed by atoms with Gasteiger partial charge in [-0.25, -0.2) is 10.2 Å². The average molecular weight is 378 g/mol. The fourth-order valence-electron chi connectivity index (χ4n) is 1.71. The number of benzene rings is 2. The standard InChI is InChI=1S/C16H16BrN3O3/c1-11-7-8-14(13(17)9-11)23-10-15(21)19-20-16(22)18-12-5-3-2-4-6-12/h2-9H,10H2,1H3,(H,19,21)(H2,18,20,22). The normalized spacial score (nSPS) is 9.83. The smallest absolute Gasteiger partial charge is 0.337 e. The van der Waals surface area contributed by atoms with Gasteiger partial charge in [0.1, 0.15) is 5.75 Å². The van der Waals surface area contributed by atoms with Crippen molar-refractivity contribution in [1.82, 2.24) is 10.9 Å². The van der Waals surface area contributed by atoms with E-state index in [9.17, 15) is 9.59 Å². The Bertz CT molecular complexity index is 692. The van der Waals surface area contributed by atoms with Crippen LogP contribution in [0.3, 0.4) is 0 Å². The number of urea groups is 1. The SMILES string of the molecule is Cc1ccc(OCC(=O)NNC(=O)Nc2ccccc2)c(Br)c1. The number of ether oxygens (including phenoxy) is 1. The van der Waals surface area contributed by atoms with E-state index in [-0.39, 0.29) is 6.61 Å². The molecule has 2 aromatic rings. The summed E-state index contributed by atoms with van der Waals surface area (Å²) in [5.41, 5.74) is 6.21. The molecule has 0 atom stereocenters. The van der Waals surface area contributed by atoms with Crippen molar-refractivity contribution in [1.29, 1.82) is 0 Å². The fraction of sp³-hybridized carbons (Fsp3) is 0.125. The third-order valence-corrected chi connectivity index (χ3v) is 3.41. The topological polar surface area (TPSA) is 79.5 Å². The monoisotopic (exact) mass is 377 g/mol. The van der Waals surface area contributed by atoms with Crippen molar-refractivity contribution in [2.45, 2.75) is 6.92 Å². The highest BCUT2D eigenvalue weighted by molar-refractivity contribution is 9.10. The summed E-state index contributed by atoms with van der Waals surface area (Å²) in [6, 6.07) is 13.9. The van der Waals surface area contributed by atoms with Crippen LogP contribution in [-0.4, -0.2) is 18.5 Å². The van der Waals surface area contributed by atoms with Gasteiger partial charge in [0, 0.05) is 5.69 Å². The summed E-state index contributed by atoms with van der Waals surface area (Å²) in [7, 11) is 0. The van der Waals surface area contributed by atoms with Crippen molar-refractivity contribution in [3.63, 3.8) is 0 Å². The Labute approximate surface area is 142 Å². The van der Waals surface area contributed by atoms with Crippen LogP contribution in [0.2, 0.25) is 0 Å². The van der Waals surface area contributed by atoms with Crippen LogP contribution in [-0.2, 0) is 4.79 Å². The van der Waals surface area contributed by atoms with Gasteiger partial charge >= 0.3 is 6.03 Å². The molecule has 2 rings (SSSR count). The van der Waals surface area contributed by atoms with Crippen molar-refractivity contribution in [3.8, 4) is 5.75 Å². The molecule has 7 heteroatoms. The number of aryl methyl sites for hydroxylation is 1. The molecular formula is C16H16BrN3O3. The summed E-state index contributed by atoms with van der Waals surface area (Å²) in [6.45, 7) is 1.74. The highest BCUT2D eigenvalue weighted by atomic mass is 79.9. The van der Waals surface area contributed by atoms with Crippen molar-refractivity contribution in [3.05, 3.63) is 58.6 Å². The van der Waals surface area contributed by atoms with Crippen molar-refractivity contribution in [2.75, 3.05) is 11.9 Å². The number of nitrogens with one attached hydrogen (secondary N) is 3. The second kappa shape index (κ2) is 8.19. The number of halogens is 1. The van der Waals surface area contributed by atoms with E-state index in [1.54, 1.807) is 30.3 Å². The maximum atomic E-state index is 11.7. The van der Waals surface area contributed by atoms with Crippen LogP contribution in [0.15, 0.2) is 53.0 Å². The quantitative estimate of drug-likeness (QED) is 0.716. The predicted molar refractivity (Wildman–Crippen MR) is 91.1 cm³/mol. The Morgan fingerprint density at radius 2 is 1.83 bits per heavy atom. The van der Waals surface area contributed by atoms with E-state index in [4.69, 9.17) is 4.74 Å². The molecule has 120 valence electrons. The van der Waals surface area contributed by atoms with Crippen molar-refractivity contribution >= 4 is 33.6 Å². The maximum Gasteiger partial charge on any atom is 0.337 e. The Hall–Kier alpha value is -2.54. The van der Waals surface area contributed by atoms with Gasteiger partial charge in [0.15, 0.2) is 6.61 Å². The van der Waals surface area contributed by atoms with E-state index >= 15 is 0 Å².